The summed E-state index contributed by atoms with van der Waals surface area (Å²) in [6, 6.07) is 23.5. The van der Waals surface area contributed by atoms with Crippen LogP contribution in [0.25, 0.3) is 11.2 Å². The standard InChI is InChI=1S/C27H22FN5OS/c28-22-6-3-5-20(15-22)18-35-27-32-24-8-4-14-30-25(24)33(27)17-19-9-11-21(12-10-19)26(34)31-16-23-7-1-2-13-29-23/h1-15H,16-18H2,(H,31,34). The van der Waals surface area contributed by atoms with Crippen molar-refractivity contribution in [1.82, 2.24) is 24.8 Å². The van der Waals surface area contributed by atoms with Crippen molar-refractivity contribution in [2.75, 3.05) is 0 Å². The van der Waals surface area contributed by atoms with E-state index >= 15 is 0 Å². The number of carbonyl (C=O) groups is 1. The van der Waals surface area contributed by atoms with Gasteiger partial charge in [-0.1, -0.05) is 42.1 Å². The molecule has 1 N–H and O–H groups in total. The predicted molar refractivity (Wildman–Crippen MR) is 134 cm³/mol. The molecule has 0 spiro atoms. The van der Waals surface area contributed by atoms with Gasteiger partial charge < -0.3 is 5.32 Å². The molecule has 0 saturated heterocycles. The highest BCUT2D eigenvalue weighted by Crippen LogP contribution is 2.27. The van der Waals surface area contributed by atoms with Crippen LogP contribution in [0.1, 0.15) is 27.2 Å². The molecule has 8 heteroatoms. The fourth-order valence-corrected chi connectivity index (χ4v) is 4.63. The quantitative estimate of drug-likeness (QED) is 0.306. The summed E-state index contributed by atoms with van der Waals surface area (Å²) in [5, 5.41) is 3.70. The van der Waals surface area contributed by atoms with E-state index in [1.807, 2.05) is 60.7 Å². The average molecular weight is 484 g/mol. The molecule has 0 unspecified atom stereocenters. The number of amides is 1. The van der Waals surface area contributed by atoms with Crippen molar-refractivity contribution in [2.24, 2.45) is 0 Å². The number of rotatable bonds is 8. The summed E-state index contributed by atoms with van der Waals surface area (Å²) in [4.78, 5) is 26.0. The number of aromatic nitrogens is 4. The van der Waals surface area contributed by atoms with Gasteiger partial charge >= 0.3 is 0 Å². The van der Waals surface area contributed by atoms with Crippen LogP contribution in [-0.4, -0.2) is 25.4 Å². The maximum atomic E-state index is 13.6. The van der Waals surface area contributed by atoms with Gasteiger partial charge in [0.2, 0.25) is 0 Å². The number of hydrogen-bond donors (Lipinski definition) is 1. The first-order chi connectivity index (χ1) is 17.2. The molecule has 0 aliphatic carbocycles. The Hall–Kier alpha value is -4.04. The second-order valence-corrected chi connectivity index (χ2v) is 8.89. The summed E-state index contributed by atoms with van der Waals surface area (Å²) < 4.78 is 15.6. The zero-order valence-corrected chi connectivity index (χ0v) is 19.6. The summed E-state index contributed by atoms with van der Waals surface area (Å²) in [6.45, 7) is 0.925. The van der Waals surface area contributed by atoms with Gasteiger partial charge in [0.05, 0.1) is 18.8 Å². The minimum atomic E-state index is -0.248. The molecule has 5 aromatic rings. The smallest absolute Gasteiger partial charge is 0.251 e. The molecule has 0 aliphatic rings. The number of halogens is 1. The van der Waals surface area contributed by atoms with E-state index in [2.05, 4.69) is 19.9 Å². The topological polar surface area (TPSA) is 72.7 Å². The molecule has 2 aromatic carbocycles. The molecule has 174 valence electrons. The lowest BCUT2D eigenvalue weighted by atomic mass is 10.1. The molecule has 35 heavy (non-hydrogen) atoms. The Labute approximate surface area is 206 Å². The summed E-state index contributed by atoms with van der Waals surface area (Å²) >= 11 is 1.54. The molecule has 0 fully saturated rings. The summed E-state index contributed by atoms with van der Waals surface area (Å²) in [5.74, 6) is 0.196. The zero-order chi connectivity index (χ0) is 24.0. The van der Waals surface area contributed by atoms with Crippen LogP contribution < -0.4 is 5.32 Å². The molecular formula is C27H22FN5OS. The number of hydrogen-bond acceptors (Lipinski definition) is 5. The lowest BCUT2D eigenvalue weighted by Crippen LogP contribution is -2.23. The van der Waals surface area contributed by atoms with E-state index in [4.69, 9.17) is 4.98 Å². The number of thioether (sulfide) groups is 1. The Morgan fingerprint density at radius 2 is 1.77 bits per heavy atom. The average Bonchev–Trinajstić information content (AvgIpc) is 3.24. The largest absolute Gasteiger partial charge is 0.346 e. The van der Waals surface area contributed by atoms with Crippen LogP contribution in [0.15, 0.2) is 96.4 Å². The van der Waals surface area contributed by atoms with Gasteiger partial charge in [0.1, 0.15) is 11.3 Å². The number of benzene rings is 2. The third-order valence-electron chi connectivity index (χ3n) is 5.44. The SMILES string of the molecule is O=C(NCc1ccccn1)c1ccc(Cn2c(SCc3cccc(F)c3)nc3cccnc32)cc1. The van der Waals surface area contributed by atoms with Gasteiger partial charge in [-0.15, -0.1) is 0 Å². The van der Waals surface area contributed by atoms with Crippen molar-refractivity contribution in [3.05, 3.63) is 119 Å². The third-order valence-corrected chi connectivity index (χ3v) is 6.49. The fourth-order valence-electron chi connectivity index (χ4n) is 3.68. The van der Waals surface area contributed by atoms with Crippen LogP contribution in [-0.2, 0) is 18.8 Å². The Morgan fingerprint density at radius 3 is 2.57 bits per heavy atom. The molecule has 0 aliphatic heterocycles. The first kappa shape index (κ1) is 22.7. The van der Waals surface area contributed by atoms with Crippen molar-refractivity contribution < 1.29 is 9.18 Å². The van der Waals surface area contributed by atoms with Crippen LogP contribution >= 0.6 is 11.8 Å². The normalized spacial score (nSPS) is 11.0. The number of imidazole rings is 1. The Kier molecular flexibility index (Phi) is 6.81. The van der Waals surface area contributed by atoms with Crippen molar-refractivity contribution in [3.63, 3.8) is 0 Å². The highest BCUT2D eigenvalue weighted by atomic mass is 32.2. The first-order valence-electron chi connectivity index (χ1n) is 11.1. The highest BCUT2D eigenvalue weighted by Gasteiger charge is 2.14. The van der Waals surface area contributed by atoms with E-state index in [9.17, 15) is 9.18 Å². The number of nitrogens with zero attached hydrogens (tertiary/aromatic N) is 4. The summed E-state index contributed by atoms with van der Waals surface area (Å²) in [7, 11) is 0. The zero-order valence-electron chi connectivity index (χ0n) is 18.8. The van der Waals surface area contributed by atoms with Crippen molar-refractivity contribution in [1.29, 1.82) is 0 Å². The molecule has 5 rings (SSSR count). The molecule has 0 atom stereocenters. The van der Waals surface area contributed by atoms with E-state index in [0.717, 1.165) is 33.1 Å². The maximum absolute atomic E-state index is 13.6. The van der Waals surface area contributed by atoms with Gasteiger partial charge in [0.25, 0.3) is 5.91 Å². The van der Waals surface area contributed by atoms with Crippen LogP contribution in [0.2, 0.25) is 0 Å². The van der Waals surface area contributed by atoms with Crippen molar-refractivity contribution in [3.8, 4) is 0 Å². The Balaban J connectivity index is 1.31. The van der Waals surface area contributed by atoms with Crippen LogP contribution in [0, 0.1) is 5.82 Å². The van der Waals surface area contributed by atoms with Crippen LogP contribution in [0.3, 0.4) is 0 Å². The third kappa shape index (κ3) is 5.55. The molecule has 3 aromatic heterocycles. The molecule has 6 nitrogen and oxygen atoms in total. The first-order valence-corrected chi connectivity index (χ1v) is 12.1. The maximum Gasteiger partial charge on any atom is 0.251 e. The van der Waals surface area contributed by atoms with E-state index in [1.165, 1.54) is 12.1 Å². The molecule has 1 amide bonds. The molecular weight excluding hydrogens is 461 g/mol. The van der Waals surface area contributed by atoms with Gasteiger partial charge in [-0.3, -0.25) is 14.3 Å². The van der Waals surface area contributed by atoms with Gasteiger partial charge in [0.15, 0.2) is 10.8 Å². The van der Waals surface area contributed by atoms with Crippen molar-refractivity contribution in [2.45, 2.75) is 24.0 Å². The second-order valence-electron chi connectivity index (χ2n) is 7.95. The minimum absolute atomic E-state index is 0.150. The van der Waals surface area contributed by atoms with E-state index in [0.29, 0.717) is 24.4 Å². The van der Waals surface area contributed by atoms with Gasteiger partial charge in [0, 0.05) is 23.7 Å². The number of carbonyl (C=O) groups excluding carboxylic acids is 1. The molecule has 0 bridgehead atoms. The summed E-state index contributed by atoms with van der Waals surface area (Å²) in [6.07, 6.45) is 3.45. The Morgan fingerprint density at radius 1 is 0.914 bits per heavy atom. The number of pyridine rings is 2. The van der Waals surface area contributed by atoms with Gasteiger partial charge in [-0.25, -0.2) is 14.4 Å². The van der Waals surface area contributed by atoms with Crippen LogP contribution in [0.5, 0.6) is 0 Å². The summed E-state index contributed by atoms with van der Waals surface area (Å²) in [5.41, 5.74) is 4.89. The second kappa shape index (κ2) is 10.5. The van der Waals surface area contributed by atoms with E-state index < -0.39 is 0 Å². The fraction of sp³-hybridized carbons (Fsp3) is 0.111. The lowest BCUT2D eigenvalue weighted by Gasteiger charge is -2.10. The molecule has 0 saturated carbocycles. The van der Waals surface area contributed by atoms with Crippen molar-refractivity contribution >= 4 is 28.8 Å². The molecule has 0 radical (unpaired) electrons. The van der Waals surface area contributed by atoms with Gasteiger partial charge in [-0.2, -0.15) is 0 Å². The Bertz CT molecular complexity index is 1450. The number of fused-ring (bicyclic) bond motifs is 1. The van der Waals surface area contributed by atoms with E-state index in [-0.39, 0.29) is 11.7 Å². The highest BCUT2D eigenvalue weighted by molar-refractivity contribution is 7.98. The van der Waals surface area contributed by atoms with Gasteiger partial charge in [-0.05, 0) is 59.7 Å². The minimum Gasteiger partial charge on any atom is -0.346 e. The number of nitrogens with one attached hydrogen (secondary N) is 1. The lowest BCUT2D eigenvalue weighted by molar-refractivity contribution is 0.0950. The monoisotopic (exact) mass is 483 g/mol. The molecule has 3 heterocycles. The van der Waals surface area contributed by atoms with Crippen LogP contribution in [0.4, 0.5) is 4.39 Å². The predicted octanol–water partition coefficient (Wildman–Crippen LogP) is 5.24. The van der Waals surface area contributed by atoms with E-state index in [1.54, 1.807) is 30.2 Å².